The van der Waals surface area contributed by atoms with Crippen molar-refractivity contribution in [3.63, 3.8) is 0 Å². The first-order valence-corrected chi connectivity index (χ1v) is 10.4. The molecule has 2 heterocycles. The Balaban J connectivity index is 1.70. The second-order valence-corrected chi connectivity index (χ2v) is 8.51. The van der Waals surface area contributed by atoms with Gasteiger partial charge in [0.1, 0.15) is 5.69 Å². The number of benzene rings is 1. The van der Waals surface area contributed by atoms with Gasteiger partial charge >= 0.3 is 0 Å². The van der Waals surface area contributed by atoms with Gasteiger partial charge in [-0.1, -0.05) is 0 Å². The third kappa shape index (κ3) is 4.97. The van der Waals surface area contributed by atoms with Crippen LogP contribution in [0.4, 0.5) is 11.6 Å². The summed E-state index contributed by atoms with van der Waals surface area (Å²) in [7, 11) is 4.62. The van der Waals surface area contributed by atoms with Gasteiger partial charge in [0.05, 0.1) is 42.2 Å². The van der Waals surface area contributed by atoms with Crippen molar-refractivity contribution in [3.8, 4) is 17.2 Å². The van der Waals surface area contributed by atoms with Crippen LogP contribution >= 0.6 is 27.3 Å². The molecule has 2 N–H and O–H groups in total. The van der Waals surface area contributed by atoms with Crippen LogP contribution in [0.1, 0.15) is 28.3 Å². The number of carbonyl (C=O) groups excluding carboxylic acids is 1. The third-order valence-corrected chi connectivity index (χ3v) is 5.71. The van der Waals surface area contributed by atoms with E-state index in [4.69, 9.17) is 14.2 Å². The van der Waals surface area contributed by atoms with Gasteiger partial charge in [0.25, 0.3) is 5.91 Å². The van der Waals surface area contributed by atoms with Crippen LogP contribution in [0, 0.1) is 0 Å². The Morgan fingerprint density at radius 3 is 2.30 bits per heavy atom. The highest BCUT2D eigenvalue weighted by Crippen LogP contribution is 2.40. The van der Waals surface area contributed by atoms with E-state index in [1.807, 2.05) is 13.0 Å². The average molecular weight is 494 g/mol. The minimum absolute atomic E-state index is 0.181. The second kappa shape index (κ2) is 9.72. The molecule has 0 saturated heterocycles. The van der Waals surface area contributed by atoms with Gasteiger partial charge in [-0.2, -0.15) is 0 Å². The van der Waals surface area contributed by atoms with Gasteiger partial charge in [-0.15, -0.1) is 21.5 Å². The zero-order valence-corrected chi connectivity index (χ0v) is 19.1. The second-order valence-electron chi connectivity index (χ2n) is 6.04. The summed E-state index contributed by atoms with van der Waals surface area (Å²) in [6, 6.07) is 6.70. The minimum Gasteiger partial charge on any atom is -0.493 e. The van der Waals surface area contributed by atoms with Crippen molar-refractivity contribution in [2.75, 3.05) is 26.6 Å². The van der Waals surface area contributed by atoms with Crippen LogP contribution in [0.3, 0.4) is 0 Å². The summed E-state index contributed by atoms with van der Waals surface area (Å²) in [6.45, 7) is 1.82. The maximum absolute atomic E-state index is 12.3. The number of rotatable bonds is 8. The molecule has 0 aliphatic heterocycles. The summed E-state index contributed by atoms with van der Waals surface area (Å²) in [5, 5.41) is 14.2. The summed E-state index contributed by atoms with van der Waals surface area (Å²) in [5.41, 5.74) is 1.18. The number of ether oxygens (including phenoxy) is 3. The molecule has 3 aromatic rings. The Morgan fingerprint density at radius 1 is 1.10 bits per heavy atom. The number of aromatic nitrogens is 3. The number of nitrogens with zero attached hydrogens (tertiary/aromatic N) is 3. The van der Waals surface area contributed by atoms with Crippen molar-refractivity contribution in [2.45, 2.75) is 13.0 Å². The third-order valence-electron chi connectivity index (χ3n) is 4.09. The van der Waals surface area contributed by atoms with Gasteiger partial charge < -0.3 is 24.8 Å². The molecule has 0 aliphatic rings. The smallest absolute Gasteiger partial charge is 0.261 e. The molecule has 0 aliphatic carbocycles. The molecule has 9 nitrogen and oxygen atoms in total. The summed E-state index contributed by atoms with van der Waals surface area (Å²) in [4.78, 5) is 17.2. The van der Waals surface area contributed by atoms with Crippen molar-refractivity contribution >= 4 is 44.8 Å². The fourth-order valence-corrected chi connectivity index (χ4v) is 3.89. The maximum atomic E-state index is 12.3. The lowest BCUT2D eigenvalue weighted by atomic mass is 10.2. The molecule has 0 saturated carbocycles. The van der Waals surface area contributed by atoms with Gasteiger partial charge in [0, 0.05) is 17.8 Å². The van der Waals surface area contributed by atoms with E-state index in [1.54, 1.807) is 38.6 Å². The molecule has 1 unspecified atom stereocenters. The lowest BCUT2D eigenvalue weighted by Gasteiger charge is -2.15. The van der Waals surface area contributed by atoms with Gasteiger partial charge in [0.15, 0.2) is 11.5 Å². The number of carbonyl (C=O) groups is 1. The van der Waals surface area contributed by atoms with Crippen molar-refractivity contribution in [3.05, 3.63) is 44.8 Å². The van der Waals surface area contributed by atoms with Crippen molar-refractivity contribution in [1.29, 1.82) is 0 Å². The van der Waals surface area contributed by atoms with Crippen LogP contribution in [0.15, 0.2) is 34.2 Å². The highest BCUT2D eigenvalue weighted by atomic mass is 79.9. The van der Waals surface area contributed by atoms with Crippen LogP contribution in [0.5, 0.6) is 17.2 Å². The highest BCUT2D eigenvalue weighted by molar-refractivity contribution is 9.11. The zero-order valence-electron chi connectivity index (χ0n) is 16.7. The lowest BCUT2D eigenvalue weighted by molar-refractivity contribution is 0.0943. The number of hydrogen-bond donors (Lipinski definition) is 2. The van der Waals surface area contributed by atoms with E-state index >= 15 is 0 Å². The van der Waals surface area contributed by atoms with Crippen LogP contribution in [-0.2, 0) is 0 Å². The summed E-state index contributed by atoms with van der Waals surface area (Å²) in [6.07, 6.45) is 1.56. The number of amides is 1. The minimum atomic E-state index is -0.353. The number of thiophene rings is 1. The van der Waals surface area contributed by atoms with Gasteiger partial charge in [-0.25, -0.2) is 4.98 Å². The molecule has 2 aromatic heterocycles. The molecule has 0 fully saturated rings. The molecule has 30 heavy (non-hydrogen) atoms. The van der Waals surface area contributed by atoms with E-state index < -0.39 is 0 Å². The molecule has 11 heteroatoms. The van der Waals surface area contributed by atoms with Crippen LogP contribution in [0.25, 0.3) is 0 Å². The van der Waals surface area contributed by atoms with Crippen LogP contribution in [-0.4, -0.2) is 42.4 Å². The van der Waals surface area contributed by atoms with E-state index in [0.29, 0.717) is 33.5 Å². The number of hydrogen-bond acceptors (Lipinski definition) is 9. The first-order valence-electron chi connectivity index (χ1n) is 8.78. The predicted molar refractivity (Wildman–Crippen MR) is 117 cm³/mol. The molecule has 1 aromatic carbocycles. The van der Waals surface area contributed by atoms with E-state index in [1.165, 1.54) is 18.4 Å². The molecule has 0 radical (unpaired) electrons. The topological polar surface area (TPSA) is 107 Å². The molecule has 3 rings (SSSR count). The van der Waals surface area contributed by atoms with Crippen LogP contribution < -0.4 is 24.8 Å². The zero-order chi connectivity index (χ0) is 21.7. The summed E-state index contributed by atoms with van der Waals surface area (Å²) >= 11 is 4.71. The molecular formula is C19H20BrN5O4S. The fraction of sp³-hybridized carbons (Fsp3) is 0.263. The van der Waals surface area contributed by atoms with E-state index in [0.717, 1.165) is 3.79 Å². The van der Waals surface area contributed by atoms with Crippen molar-refractivity contribution < 1.29 is 19.0 Å². The van der Waals surface area contributed by atoms with Gasteiger partial charge in [-0.3, -0.25) is 4.79 Å². The largest absolute Gasteiger partial charge is 0.493 e. The maximum Gasteiger partial charge on any atom is 0.261 e. The number of halogens is 1. The Labute approximate surface area is 185 Å². The Kier molecular flexibility index (Phi) is 7.06. The van der Waals surface area contributed by atoms with E-state index in [2.05, 4.69) is 41.7 Å². The van der Waals surface area contributed by atoms with Crippen molar-refractivity contribution in [2.24, 2.45) is 0 Å². The fourth-order valence-electron chi connectivity index (χ4n) is 2.60. The first-order chi connectivity index (χ1) is 14.4. The molecule has 158 valence electrons. The Morgan fingerprint density at radius 2 is 1.80 bits per heavy atom. The number of anilines is 2. The number of nitrogens with one attached hydrogen (secondary N) is 2. The van der Waals surface area contributed by atoms with Gasteiger partial charge in [0.2, 0.25) is 11.7 Å². The van der Waals surface area contributed by atoms with Gasteiger partial charge in [-0.05, 0) is 35.0 Å². The van der Waals surface area contributed by atoms with E-state index in [9.17, 15) is 4.79 Å². The SMILES string of the molecule is COc1cc(Nc2ncc(C(C)NC(=O)c3ccc(Br)s3)nn2)cc(OC)c1OC. The molecule has 1 amide bonds. The first kappa shape index (κ1) is 21.8. The quantitative estimate of drug-likeness (QED) is 0.485. The monoisotopic (exact) mass is 493 g/mol. The Hall–Kier alpha value is -2.92. The summed E-state index contributed by atoms with van der Waals surface area (Å²) < 4.78 is 16.9. The number of methoxy groups -OCH3 is 3. The summed E-state index contributed by atoms with van der Waals surface area (Å²) in [5.74, 6) is 1.59. The predicted octanol–water partition coefficient (Wildman–Crippen LogP) is 3.96. The standard InChI is InChI=1S/C19H20BrN5O4S/c1-10(22-18(26)15-5-6-16(20)30-15)12-9-21-19(25-24-12)23-11-7-13(27-2)17(29-4)14(8-11)28-3/h5-10H,1-4H3,(H,22,26)(H,21,23,25). The van der Waals surface area contributed by atoms with Crippen molar-refractivity contribution in [1.82, 2.24) is 20.5 Å². The molecule has 0 spiro atoms. The lowest BCUT2D eigenvalue weighted by Crippen LogP contribution is -2.26. The molecule has 0 bridgehead atoms. The highest BCUT2D eigenvalue weighted by Gasteiger charge is 2.16. The normalized spacial score (nSPS) is 11.5. The average Bonchev–Trinajstić information content (AvgIpc) is 3.19. The van der Waals surface area contributed by atoms with E-state index in [-0.39, 0.29) is 17.9 Å². The Bertz CT molecular complexity index is 1000. The van der Waals surface area contributed by atoms with Crippen LogP contribution in [0.2, 0.25) is 0 Å². The molecule has 1 atom stereocenters. The molecular weight excluding hydrogens is 474 g/mol.